The van der Waals surface area contributed by atoms with Crippen molar-refractivity contribution in [1.29, 1.82) is 0 Å². The first-order valence-corrected chi connectivity index (χ1v) is 12.0. The lowest BCUT2D eigenvalue weighted by molar-refractivity contribution is 1.23. The van der Waals surface area contributed by atoms with Crippen LogP contribution in [0.15, 0.2) is 0 Å². The van der Waals surface area contributed by atoms with Crippen LogP contribution in [0.25, 0.3) is 49.3 Å². The molecule has 0 atom stereocenters. The van der Waals surface area contributed by atoms with E-state index in [4.69, 9.17) is 118 Å². The summed E-state index contributed by atoms with van der Waals surface area (Å²) >= 11 is 0. The van der Waals surface area contributed by atoms with Crippen LogP contribution in [0.2, 0.25) is 0 Å². The minimum absolute atomic E-state index is 0.00933. The van der Waals surface area contributed by atoms with E-state index in [1.807, 2.05) is 0 Å². The number of hydrogen-bond donors (Lipinski definition) is 1. The van der Waals surface area contributed by atoms with Gasteiger partial charge in [-0.1, -0.05) is 43.7 Å². The molecule has 6 rings (SSSR count). The van der Waals surface area contributed by atoms with E-state index in [-0.39, 0.29) is 98.7 Å². The Morgan fingerprint density at radius 1 is 0.293 bits per heavy atom. The van der Waals surface area contributed by atoms with Gasteiger partial charge in [0.05, 0.1) is 0 Å². The molecule has 17 heteroatoms. The van der Waals surface area contributed by atoms with Gasteiger partial charge in [-0.15, -0.1) is 38.2 Å². The van der Waals surface area contributed by atoms with E-state index in [1.165, 1.54) is 0 Å². The van der Waals surface area contributed by atoms with Gasteiger partial charge in [0.15, 0.2) is 0 Å². The molecule has 0 saturated carbocycles. The van der Waals surface area contributed by atoms with Crippen molar-refractivity contribution >= 4 is 243 Å². The maximum atomic E-state index is 6.72. The normalized spacial score (nSPS) is 11.9. The topological polar surface area (TPSA) is 20.7 Å². The number of hydrogen-bond acceptors (Lipinski definition) is 0. The quantitative estimate of drug-likeness (QED) is 0.226. The first kappa shape index (κ1) is 28.6. The van der Waals surface area contributed by atoms with Crippen molar-refractivity contribution in [3.05, 3.63) is 0 Å². The van der Waals surface area contributed by atoms with Crippen LogP contribution >= 0.6 is 0 Å². The van der Waals surface area contributed by atoms with Gasteiger partial charge in [-0.05, 0) is 10.8 Å². The van der Waals surface area contributed by atoms with Gasteiger partial charge in [-0.3, -0.25) is 0 Å². The molecule has 0 unspecified atom stereocenters. The number of nitrogens with one attached hydrogen (secondary N) is 1. The lowest BCUT2D eigenvalue weighted by atomic mass is 9.63. The second kappa shape index (κ2) is 9.22. The lowest BCUT2D eigenvalue weighted by Gasteiger charge is -2.23. The lowest BCUT2D eigenvalue weighted by Crippen LogP contribution is -2.49. The maximum Gasteiger partial charge on any atom is 0.115 e. The average molecular weight is 479 g/mol. The first-order valence-electron chi connectivity index (χ1n) is 12.0. The molecule has 0 fully saturated rings. The van der Waals surface area contributed by atoms with Gasteiger partial charge in [0.25, 0.3) is 0 Å². The number of fused-ring (bicyclic) bond motifs is 6. The van der Waals surface area contributed by atoms with Gasteiger partial charge >= 0.3 is 0 Å². The third-order valence-electron chi connectivity index (χ3n) is 7.94. The summed E-state index contributed by atoms with van der Waals surface area (Å²) in [5.74, 6) is 0. The molecule has 1 N–H and O–H groups in total. The van der Waals surface area contributed by atoms with Crippen molar-refractivity contribution in [3.63, 3.8) is 0 Å². The van der Waals surface area contributed by atoms with Crippen LogP contribution in [0.3, 0.4) is 0 Å². The average Bonchev–Trinajstić information content (AvgIpc) is 3.51. The summed E-state index contributed by atoms with van der Waals surface area (Å²) in [6.07, 6.45) is 0. The van der Waals surface area contributed by atoms with Crippen molar-refractivity contribution in [2.75, 3.05) is 0 Å². The van der Waals surface area contributed by atoms with E-state index in [9.17, 15) is 0 Å². The largest absolute Gasteiger partial charge is 0.355 e. The summed E-state index contributed by atoms with van der Waals surface area (Å²) in [6, 6.07) is 0. The monoisotopic (exact) mass is 482 g/mol. The second-order valence-electron chi connectivity index (χ2n) is 9.96. The fraction of sp³-hybridized carbons (Fsp3) is 0. The van der Waals surface area contributed by atoms with Gasteiger partial charge < -0.3 is 9.55 Å². The molecular weight excluding hydrogens is 478 g/mol. The van der Waals surface area contributed by atoms with Crippen molar-refractivity contribution in [1.82, 2.24) is 9.55 Å². The highest BCUT2D eigenvalue weighted by Gasteiger charge is 2.27. The summed E-state index contributed by atoms with van der Waals surface area (Å²) in [6.45, 7) is 0. The molecule has 2 heterocycles. The van der Waals surface area contributed by atoms with E-state index < -0.39 is 0 Å². The predicted octanol–water partition coefficient (Wildman–Crippen LogP) is -11.7. The van der Waals surface area contributed by atoms with Gasteiger partial charge in [0, 0.05) is 38.5 Å². The Hall–Kier alpha value is -2.55. The molecular formula is C24HB15N2. The van der Waals surface area contributed by atoms with Crippen LogP contribution in [-0.4, -0.2) is 127 Å². The van der Waals surface area contributed by atoms with Crippen LogP contribution in [0.1, 0.15) is 0 Å². The van der Waals surface area contributed by atoms with Crippen molar-refractivity contribution in [2.24, 2.45) is 0 Å². The molecule has 0 bridgehead atoms. The third-order valence-corrected chi connectivity index (χ3v) is 7.94. The molecule has 6 aromatic rings. The summed E-state index contributed by atoms with van der Waals surface area (Å²) in [4.78, 5) is 3.17. The van der Waals surface area contributed by atoms with Crippen molar-refractivity contribution in [2.45, 2.75) is 0 Å². The number of benzene rings is 4. The van der Waals surface area contributed by atoms with Crippen LogP contribution in [0.4, 0.5) is 0 Å². The fourth-order valence-electron chi connectivity index (χ4n) is 5.68. The number of aromatic nitrogens is 2. The zero-order valence-corrected chi connectivity index (χ0v) is 21.6. The Morgan fingerprint density at radius 3 is 1.05 bits per heavy atom. The van der Waals surface area contributed by atoms with Crippen LogP contribution in [0.5, 0.6) is 0 Å². The number of aromatic amines is 1. The molecule has 30 radical (unpaired) electrons. The second-order valence-corrected chi connectivity index (χ2v) is 9.96. The van der Waals surface area contributed by atoms with E-state index in [0.717, 1.165) is 0 Å². The molecule has 0 aliphatic rings. The molecule has 0 spiro atoms. The van der Waals surface area contributed by atoms with Gasteiger partial charge in [0.1, 0.15) is 118 Å². The smallest absolute Gasteiger partial charge is 0.115 e. The molecule has 2 nitrogen and oxygen atoms in total. The molecule has 2 aromatic heterocycles. The SMILES string of the molecule is [B]c1c([B])c([B])c2c([nH]c3c([B])c([B])c([B])c(-n4c5c([B])c([B])c([B])c([B])c5c5c([B])c([B])c([B])c([B])c54)c32)c1[B]. The molecule has 41 heavy (non-hydrogen) atoms. The molecule has 0 aliphatic carbocycles. The predicted molar refractivity (Wildman–Crippen MR) is 191 cm³/mol. The van der Waals surface area contributed by atoms with E-state index in [2.05, 4.69) is 4.98 Å². The summed E-state index contributed by atoms with van der Waals surface area (Å²) < 4.78 is 1.58. The molecule has 0 saturated heterocycles. The maximum absolute atomic E-state index is 6.72. The fourth-order valence-corrected chi connectivity index (χ4v) is 5.68. The zero-order chi connectivity index (χ0) is 30.1. The Balaban J connectivity index is 2.07. The van der Waals surface area contributed by atoms with Crippen molar-refractivity contribution in [3.8, 4) is 5.69 Å². The van der Waals surface area contributed by atoms with Gasteiger partial charge in [0.2, 0.25) is 0 Å². The Bertz CT molecular complexity index is 2130. The standard InChI is InChI=1S/C24HB15N2/c25-5-1-4-21(40-20(1)15(35)11(31)8(5)28)16(36)14(34)19(39)24(4)41-22-2(6(26)9(29)12(32)17(22)37)3-7(27)10(30)13(33)18(38)23(3)41/h40H. The summed E-state index contributed by atoms with van der Waals surface area (Å²) in [5.41, 5.74) is 2.22. The number of nitrogens with zero attached hydrogens (tertiary/aromatic N) is 1. The van der Waals surface area contributed by atoms with E-state index in [1.54, 1.807) is 4.57 Å². The van der Waals surface area contributed by atoms with E-state index >= 15 is 0 Å². The Morgan fingerprint density at radius 2 is 0.610 bits per heavy atom. The van der Waals surface area contributed by atoms with E-state index in [0.29, 0.717) is 32.6 Å². The van der Waals surface area contributed by atoms with Crippen LogP contribution in [-0.2, 0) is 0 Å². The number of H-pyrrole nitrogens is 1. The number of rotatable bonds is 1. The summed E-state index contributed by atoms with van der Waals surface area (Å²) in [5, 5.41) is 1.33. The minimum Gasteiger partial charge on any atom is -0.355 e. The third kappa shape index (κ3) is 3.41. The highest BCUT2D eigenvalue weighted by molar-refractivity contribution is 6.73. The van der Waals surface area contributed by atoms with Gasteiger partial charge in [-0.25, -0.2) is 0 Å². The Labute approximate surface area is 257 Å². The zero-order valence-electron chi connectivity index (χ0n) is 21.6. The van der Waals surface area contributed by atoms with Gasteiger partial charge in [-0.2, -0.15) is 0 Å². The molecule has 0 aliphatic heterocycles. The molecule has 152 valence electrons. The first-order chi connectivity index (χ1) is 19.1. The highest BCUT2D eigenvalue weighted by Crippen LogP contribution is 2.32. The molecule has 0 amide bonds. The van der Waals surface area contributed by atoms with Crippen molar-refractivity contribution < 1.29 is 0 Å². The summed E-state index contributed by atoms with van der Waals surface area (Å²) in [7, 11) is 96.2. The minimum atomic E-state index is 0.00933. The van der Waals surface area contributed by atoms with Crippen LogP contribution in [0, 0.1) is 0 Å². The van der Waals surface area contributed by atoms with Crippen LogP contribution < -0.4 is 81.9 Å². The highest BCUT2D eigenvalue weighted by atomic mass is 15.0. The molecule has 4 aromatic carbocycles. The Kier molecular flexibility index (Phi) is 6.43.